The highest BCUT2D eigenvalue weighted by atomic mass is 127. The number of thiazole rings is 1. The number of fused-ring (bicyclic) bond motifs is 1. The summed E-state index contributed by atoms with van der Waals surface area (Å²) in [5.74, 6) is 1.11. The highest BCUT2D eigenvalue weighted by molar-refractivity contribution is 14.1. The average Bonchev–Trinajstić information content (AvgIpc) is 3.35. The Morgan fingerprint density at radius 2 is 1.71 bits per heavy atom. The monoisotopic (exact) mass is 921 g/mol. The quantitative estimate of drug-likeness (QED) is 0.151. The van der Waals surface area contributed by atoms with Gasteiger partial charge < -0.3 is 14.8 Å². The summed E-state index contributed by atoms with van der Waals surface area (Å²) in [7, 11) is 0. The Kier molecular flexibility index (Phi) is 11.0. The van der Waals surface area contributed by atoms with Crippen LogP contribution in [0.5, 0.6) is 11.5 Å². The van der Waals surface area contributed by atoms with Gasteiger partial charge in [0.25, 0.3) is 11.5 Å². The molecular weight excluding hydrogens is 895 g/mol. The van der Waals surface area contributed by atoms with Gasteiger partial charge in [0.15, 0.2) is 4.80 Å². The largest absolute Gasteiger partial charge is 0.494 e. The van der Waals surface area contributed by atoms with Gasteiger partial charge in [-0.05, 0) is 125 Å². The molecular formula is C36H27Cl2I2N3O4S. The molecule has 0 bridgehead atoms. The van der Waals surface area contributed by atoms with E-state index in [9.17, 15) is 9.59 Å². The number of nitrogens with zero attached hydrogens (tertiary/aromatic N) is 2. The maximum absolute atomic E-state index is 14.2. The molecule has 1 aliphatic heterocycles. The third-order valence-electron chi connectivity index (χ3n) is 7.51. The van der Waals surface area contributed by atoms with Crippen LogP contribution in [-0.4, -0.2) is 17.1 Å². The Balaban J connectivity index is 1.38. The standard InChI is InChI=1S/C36H27Cl2I2N3O4S/c1-3-46-26-13-10-22(11-14-26)32-31(34(44)42-25-7-5-4-6-8-25)20(2)41-36-43(32)35(45)30(48-36)17-21-15-28(39)33(29(40)16-21)47-19-23-9-12-24(37)18-27(23)38/h4-18,32H,3,19H2,1-2H3,(H,42,44)/b30-17-/t32-/m1/s1. The average molecular weight is 922 g/mol. The Hall–Kier alpha value is -3.17. The van der Waals surface area contributed by atoms with E-state index in [0.29, 0.717) is 48.7 Å². The second-order valence-corrected chi connectivity index (χ2v) is 14.9. The van der Waals surface area contributed by atoms with Crippen LogP contribution in [0.15, 0.2) is 106 Å². The Bertz CT molecular complexity index is 2210. The van der Waals surface area contributed by atoms with Crippen LogP contribution in [0.3, 0.4) is 0 Å². The number of nitrogens with one attached hydrogen (secondary N) is 1. The first-order valence-electron chi connectivity index (χ1n) is 14.8. The number of hydrogen-bond donors (Lipinski definition) is 1. The van der Waals surface area contributed by atoms with Crippen molar-refractivity contribution in [3.63, 3.8) is 0 Å². The zero-order chi connectivity index (χ0) is 33.9. The number of rotatable bonds is 9. The first kappa shape index (κ1) is 34.7. The van der Waals surface area contributed by atoms with Gasteiger partial charge in [-0.2, -0.15) is 0 Å². The van der Waals surface area contributed by atoms with Crippen molar-refractivity contribution in [3.05, 3.63) is 150 Å². The van der Waals surface area contributed by atoms with Crippen molar-refractivity contribution < 1.29 is 14.3 Å². The van der Waals surface area contributed by atoms with Crippen LogP contribution in [-0.2, 0) is 11.4 Å². The van der Waals surface area contributed by atoms with Gasteiger partial charge in [-0.1, -0.05) is 70.9 Å². The summed E-state index contributed by atoms with van der Waals surface area (Å²) < 4.78 is 15.7. The van der Waals surface area contributed by atoms with E-state index in [2.05, 4.69) is 50.5 Å². The molecule has 0 fully saturated rings. The van der Waals surface area contributed by atoms with Crippen molar-refractivity contribution in [1.82, 2.24) is 4.57 Å². The molecule has 0 saturated heterocycles. The van der Waals surface area contributed by atoms with Crippen LogP contribution < -0.4 is 29.7 Å². The number of amides is 1. The van der Waals surface area contributed by atoms with Crippen LogP contribution in [0, 0.1) is 7.14 Å². The number of carbonyl (C=O) groups is 1. The van der Waals surface area contributed by atoms with Crippen molar-refractivity contribution in [3.8, 4) is 11.5 Å². The van der Waals surface area contributed by atoms with Crippen LogP contribution in [0.4, 0.5) is 5.69 Å². The van der Waals surface area contributed by atoms with Crippen molar-refractivity contribution in [2.75, 3.05) is 11.9 Å². The number of halogens is 4. The van der Waals surface area contributed by atoms with E-state index in [1.807, 2.05) is 85.8 Å². The molecule has 7 nitrogen and oxygen atoms in total. The Morgan fingerprint density at radius 1 is 1.00 bits per heavy atom. The SMILES string of the molecule is CCOc1ccc([C@@H]2C(C(=O)Nc3ccccc3)=C(C)N=c3s/c(=C\c4cc(I)c(OCc5ccc(Cl)cc5Cl)c(I)c4)c(=O)n32)cc1. The van der Waals surface area contributed by atoms with Gasteiger partial charge in [0, 0.05) is 21.3 Å². The number of allylic oxidation sites excluding steroid dienone is 1. The van der Waals surface area contributed by atoms with Crippen molar-refractivity contribution >= 4 is 97.4 Å². The lowest BCUT2D eigenvalue weighted by atomic mass is 9.95. The fourth-order valence-electron chi connectivity index (χ4n) is 5.30. The molecule has 2 heterocycles. The molecule has 1 aromatic heterocycles. The zero-order valence-corrected chi connectivity index (χ0v) is 32.2. The molecule has 0 radical (unpaired) electrons. The summed E-state index contributed by atoms with van der Waals surface area (Å²) in [6.45, 7) is 4.54. The normalized spacial score (nSPS) is 14.4. The minimum Gasteiger partial charge on any atom is -0.494 e. The van der Waals surface area contributed by atoms with Crippen molar-refractivity contribution in [2.24, 2.45) is 4.99 Å². The summed E-state index contributed by atoms with van der Waals surface area (Å²) >= 11 is 18.1. The lowest BCUT2D eigenvalue weighted by Crippen LogP contribution is -2.40. The van der Waals surface area contributed by atoms with Crippen molar-refractivity contribution in [1.29, 1.82) is 0 Å². The molecule has 5 aromatic rings. The first-order chi connectivity index (χ1) is 23.1. The molecule has 6 rings (SSSR count). The maximum atomic E-state index is 14.2. The topological polar surface area (TPSA) is 81.9 Å². The molecule has 1 amide bonds. The smallest absolute Gasteiger partial charge is 0.271 e. The van der Waals surface area contributed by atoms with Gasteiger partial charge in [-0.15, -0.1) is 0 Å². The molecule has 244 valence electrons. The zero-order valence-electron chi connectivity index (χ0n) is 25.6. The van der Waals surface area contributed by atoms with E-state index < -0.39 is 6.04 Å². The highest BCUT2D eigenvalue weighted by Gasteiger charge is 2.32. The van der Waals surface area contributed by atoms with E-state index in [4.69, 9.17) is 37.7 Å². The van der Waals surface area contributed by atoms with E-state index in [1.54, 1.807) is 23.6 Å². The molecule has 48 heavy (non-hydrogen) atoms. The number of anilines is 1. The predicted octanol–water partition coefficient (Wildman–Crippen LogP) is 8.37. The molecule has 12 heteroatoms. The number of benzene rings is 4. The molecule has 4 aromatic carbocycles. The third-order valence-corrected chi connectivity index (χ3v) is 10.7. The summed E-state index contributed by atoms with van der Waals surface area (Å²) in [6.07, 6.45) is 1.85. The van der Waals surface area contributed by atoms with E-state index in [0.717, 1.165) is 29.6 Å². The molecule has 0 spiro atoms. The van der Waals surface area contributed by atoms with Gasteiger partial charge >= 0.3 is 0 Å². The minimum absolute atomic E-state index is 0.238. The second-order valence-electron chi connectivity index (χ2n) is 10.7. The summed E-state index contributed by atoms with van der Waals surface area (Å²) in [5.41, 5.74) is 3.78. The molecule has 1 N–H and O–H groups in total. The molecule has 1 aliphatic rings. The van der Waals surface area contributed by atoms with E-state index in [-0.39, 0.29) is 18.1 Å². The van der Waals surface area contributed by atoms with E-state index in [1.165, 1.54) is 11.3 Å². The Morgan fingerprint density at radius 3 is 2.38 bits per heavy atom. The molecule has 0 aliphatic carbocycles. The van der Waals surface area contributed by atoms with E-state index >= 15 is 0 Å². The van der Waals surface area contributed by atoms with Crippen molar-refractivity contribution in [2.45, 2.75) is 26.5 Å². The summed E-state index contributed by atoms with van der Waals surface area (Å²) in [4.78, 5) is 33.3. The van der Waals surface area contributed by atoms with Gasteiger partial charge in [0.2, 0.25) is 0 Å². The second kappa shape index (κ2) is 15.2. The number of aromatic nitrogens is 1. The number of para-hydroxylation sites is 1. The number of ether oxygens (including phenoxy) is 2. The maximum Gasteiger partial charge on any atom is 0.271 e. The number of hydrogen-bond acceptors (Lipinski definition) is 6. The Labute approximate surface area is 318 Å². The van der Waals surface area contributed by atoms with Gasteiger partial charge in [-0.3, -0.25) is 14.2 Å². The fourth-order valence-corrected chi connectivity index (χ4v) is 8.94. The predicted molar refractivity (Wildman–Crippen MR) is 209 cm³/mol. The summed E-state index contributed by atoms with van der Waals surface area (Å²) in [5, 5.41) is 4.09. The third kappa shape index (κ3) is 7.52. The van der Waals surface area contributed by atoms with Gasteiger partial charge in [-0.25, -0.2) is 4.99 Å². The van der Waals surface area contributed by atoms with Crippen LogP contribution >= 0.6 is 79.7 Å². The molecule has 0 saturated carbocycles. The first-order valence-corrected chi connectivity index (χ1v) is 18.5. The lowest BCUT2D eigenvalue weighted by molar-refractivity contribution is -0.113. The lowest BCUT2D eigenvalue weighted by Gasteiger charge is -2.25. The highest BCUT2D eigenvalue weighted by Crippen LogP contribution is 2.33. The van der Waals surface area contributed by atoms with Gasteiger partial charge in [0.1, 0.15) is 18.1 Å². The summed E-state index contributed by atoms with van der Waals surface area (Å²) in [6, 6.07) is 25.3. The van der Waals surface area contributed by atoms with Gasteiger partial charge in [0.05, 0.1) is 35.6 Å². The number of carbonyl (C=O) groups excluding carboxylic acids is 1. The van der Waals surface area contributed by atoms with Crippen LogP contribution in [0.2, 0.25) is 10.0 Å². The van der Waals surface area contributed by atoms with Crippen LogP contribution in [0.1, 0.15) is 36.6 Å². The molecule has 0 unspecified atom stereocenters. The fraction of sp³-hybridized carbons (Fsp3) is 0.139. The minimum atomic E-state index is -0.696. The van der Waals surface area contributed by atoms with Crippen LogP contribution in [0.25, 0.3) is 6.08 Å². The molecule has 1 atom stereocenters.